The van der Waals surface area contributed by atoms with Gasteiger partial charge in [-0.25, -0.2) is 4.39 Å². The van der Waals surface area contributed by atoms with Gasteiger partial charge in [0, 0.05) is 31.1 Å². The Morgan fingerprint density at radius 3 is 2.70 bits per heavy atom. The van der Waals surface area contributed by atoms with Crippen molar-refractivity contribution >= 4 is 12.5 Å². The van der Waals surface area contributed by atoms with Crippen molar-refractivity contribution in [2.24, 2.45) is 11.8 Å². The summed E-state index contributed by atoms with van der Waals surface area (Å²) in [5, 5.41) is 15.7. The molecule has 178 valence electrons. The SMILES string of the molecule is Fc1cccc(C[C@H]2[C@H]3C[C@H](CN(c4nnc(C5CCC5)o4)C3)[C@@H]3CCCCN32)c1.O=CO. The van der Waals surface area contributed by atoms with Gasteiger partial charge in [0.15, 0.2) is 0 Å². The number of fused-ring (bicyclic) bond motifs is 4. The van der Waals surface area contributed by atoms with Crippen molar-refractivity contribution in [2.45, 2.75) is 69.4 Å². The van der Waals surface area contributed by atoms with Gasteiger partial charge in [-0.05, 0) is 74.6 Å². The highest BCUT2D eigenvalue weighted by Crippen LogP contribution is 2.43. The van der Waals surface area contributed by atoms with Crippen LogP contribution in [0.15, 0.2) is 28.7 Å². The molecule has 2 aromatic rings. The van der Waals surface area contributed by atoms with E-state index in [1.54, 1.807) is 12.1 Å². The van der Waals surface area contributed by atoms with Crippen LogP contribution in [0.4, 0.5) is 10.4 Å². The van der Waals surface area contributed by atoms with Gasteiger partial charge in [-0.1, -0.05) is 30.1 Å². The second-order valence-corrected chi connectivity index (χ2v) is 10.0. The number of aromatic nitrogens is 2. The van der Waals surface area contributed by atoms with Gasteiger partial charge in [-0.3, -0.25) is 9.69 Å². The maximum atomic E-state index is 13.8. The number of piperidine rings is 3. The normalized spacial score (nSPS) is 29.4. The quantitative estimate of drug-likeness (QED) is 0.694. The van der Waals surface area contributed by atoms with Crippen LogP contribution in [0.2, 0.25) is 0 Å². The molecule has 4 fully saturated rings. The first-order valence-electron chi connectivity index (χ1n) is 12.3. The summed E-state index contributed by atoms with van der Waals surface area (Å²) in [6.07, 6.45) is 9.71. The summed E-state index contributed by atoms with van der Waals surface area (Å²) in [7, 11) is 0. The number of benzene rings is 1. The summed E-state index contributed by atoms with van der Waals surface area (Å²) in [6.45, 7) is 2.92. The maximum Gasteiger partial charge on any atom is 0.318 e. The molecule has 4 heterocycles. The number of anilines is 1. The minimum Gasteiger partial charge on any atom is -0.483 e. The van der Waals surface area contributed by atoms with E-state index in [4.69, 9.17) is 14.3 Å². The number of carbonyl (C=O) groups is 1. The smallest absolute Gasteiger partial charge is 0.318 e. The molecule has 33 heavy (non-hydrogen) atoms. The molecule has 6 rings (SSSR count). The van der Waals surface area contributed by atoms with Gasteiger partial charge in [0.1, 0.15) is 5.82 Å². The number of hydrogen-bond acceptors (Lipinski definition) is 6. The summed E-state index contributed by atoms with van der Waals surface area (Å²) in [5.74, 6) is 2.40. The summed E-state index contributed by atoms with van der Waals surface area (Å²) in [6, 6.07) is 9.00. The van der Waals surface area contributed by atoms with Crippen LogP contribution in [0.5, 0.6) is 0 Å². The third kappa shape index (κ3) is 4.63. The molecule has 0 radical (unpaired) electrons. The predicted octanol–water partition coefficient (Wildman–Crippen LogP) is 4.10. The highest BCUT2D eigenvalue weighted by Gasteiger charge is 2.47. The Morgan fingerprint density at radius 2 is 1.94 bits per heavy atom. The summed E-state index contributed by atoms with van der Waals surface area (Å²) in [4.78, 5) is 13.5. The zero-order valence-corrected chi connectivity index (χ0v) is 19.0. The fourth-order valence-corrected chi connectivity index (χ4v) is 6.42. The van der Waals surface area contributed by atoms with Crippen molar-refractivity contribution in [3.8, 4) is 0 Å². The lowest BCUT2D eigenvalue weighted by Gasteiger charge is -2.56. The second kappa shape index (κ2) is 9.79. The third-order valence-corrected chi connectivity index (χ3v) is 8.11. The van der Waals surface area contributed by atoms with Crippen molar-refractivity contribution in [2.75, 3.05) is 24.5 Å². The fraction of sp³-hybridized carbons (Fsp3) is 0.640. The topological polar surface area (TPSA) is 82.7 Å². The van der Waals surface area contributed by atoms with E-state index >= 15 is 0 Å². The van der Waals surface area contributed by atoms with E-state index in [0.717, 1.165) is 37.0 Å². The van der Waals surface area contributed by atoms with E-state index in [1.165, 1.54) is 51.5 Å². The minimum absolute atomic E-state index is 0.129. The van der Waals surface area contributed by atoms with Crippen molar-refractivity contribution in [3.63, 3.8) is 0 Å². The fourth-order valence-electron chi connectivity index (χ4n) is 6.42. The Morgan fingerprint density at radius 1 is 1.12 bits per heavy atom. The number of rotatable bonds is 4. The molecule has 1 saturated carbocycles. The number of hydrogen-bond donors (Lipinski definition) is 1. The maximum absolute atomic E-state index is 13.8. The van der Waals surface area contributed by atoms with Crippen molar-refractivity contribution in [3.05, 3.63) is 41.5 Å². The first kappa shape index (κ1) is 22.3. The molecule has 4 atom stereocenters. The summed E-state index contributed by atoms with van der Waals surface area (Å²) < 4.78 is 20.0. The standard InChI is InChI=1S/C24H31FN4O.CH2O2/c25-20-8-3-5-16(11-20)12-22-19-13-18(21-9-1-2-10-29(21)22)14-28(15-19)24-27-26-23(30-24)17-6-4-7-17;2-1-3/h3,5,8,11,17-19,21-22H,1-2,4,6-7,9-10,12-15H2;1H,(H,2,3)/t18-,19+,21+,22+;/m1./s1. The van der Waals surface area contributed by atoms with Crippen LogP contribution >= 0.6 is 0 Å². The van der Waals surface area contributed by atoms with Crippen LogP contribution in [-0.4, -0.2) is 58.4 Å². The average molecular weight is 457 g/mol. The Labute approximate surface area is 194 Å². The lowest BCUT2D eigenvalue weighted by molar-refractivity contribution is -0.122. The molecular formula is C25H33FN4O3. The summed E-state index contributed by atoms with van der Waals surface area (Å²) in [5.41, 5.74) is 1.12. The molecule has 0 unspecified atom stereocenters. The Hall–Kier alpha value is -2.48. The van der Waals surface area contributed by atoms with Crippen LogP contribution in [0, 0.1) is 17.7 Å². The number of halogens is 1. The Kier molecular flexibility index (Phi) is 6.62. The first-order chi connectivity index (χ1) is 16.2. The Balaban J connectivity index is 0.000000724. The lowest BCUT2D eigenvalue weighted by Crippen LogP contribution is -2.64. The minimum atomic E-state index is -0.250. The monoisotopic (exact) mass is 456 g/mol. The molecule has 1 aliphatic carbocycles. The van der Waals surface area contributed by atoms with Crippen LogP contribution in [0.3, 0.4) is 0 Å². The van der Waals surface area contributed by atoms with Crippen LogP contribution in [0.1, 0.15) is 62.3 Å². The van der Waals surface area contributed by atoms with Crippen LogP contribution in [0.25, 0.3) is 0 Å². The van der Waals surface area contributed by atoms with Gasteiger partial charge in [-0.2, -0.15) is 0 Å². The van der Waals surface area contributed by atoms with Crippen molar-refractivity contribution < 1.29 is 18.7 Å². The van der Waals surface area contributed by atoms with Gasteiger partial charge >= 0.3 is 6.01 Å². The molecule has 1 aromatic carbocycles. The van der Waals surface area contributed by atoms with Gasteiger partial charge in [-0.15, -0.1) is 5.10 Å². The second-order valence-electron chi connectivity index (χ2n) is 10.0. The van der Waals surface area contributed by atoms with E-state index in [0.29, 0.717) is 29.8 Å². The van der Waals surface area contributed by atoms with Gasteiger partial charge in [0.25, 0.3) is 6.47 Å². The molecule has 2 bridgehead atoms. The largest absolute Gasteiger partial charge is 0.483 e. The molecule has 4 aliphatic rings. The number of carboxylic acid groups (broad SMARTS) is 1. The van der Waals surface area contributed by atoms with E-state index in [2.05, 4.69) is 26.1 Å². The van der Waals surface area contributed by atoms with E-state index in [1.807, 2.05) is 6.07 Å². The third-order valence-electron chi connectivity index (χ3n) is 8.11. The summed E-state index contributed by atoms with van der Waals surface area (Å²) >= 11 is 0. The molecule has 1 aromatic heterocycles. The molecule has 8 heteroatoms. The number of nitrogens with zero attached hydrogens (tertiary/aromatic N) is 4. The highest BCUT2D eigenvalue weighted by atomic mass is 19.1. The van der Waals surface area contributed by atoms with Gasteiger partial charge in [0.2, 0.25) is 5.89 Å². The lowest BCUT2D eigenvalue weighted by atomic mass is 9.71. The van der Waals surface area contributed by atoms with Crippen LogP contribution in [-0.2, 0) is 11.2 Å². The molecule has 3 aliphatic heterocycles. The highest BCUT2D eigenvalue weighted by molar-refractivity contribution is 5.32. The first-order valence-corrected chi connectivity index (χ1v) is 12.3. The molecular weight excluding hydrogens is 423 g/mol. The van der Waals surface area contributed by atoms with Crippen molar-refractivity contribution in [1.82, 2.24) is 15.1 Å². The molecule has 1 N–H and O–H groups in total. The van der Waals surface area contributed by atoms with Crippen LogP contribution < -0.4 is 4.90 Å². The molecule has 7 nitrogen and oxygen atoms in total. The predicted molar refractivity (Wildman–Crippen MR) is 122 cm³/mol. The van der Waals surface area contributed by atoms with E-state index in [-0.39, 0.29) is 12.3 Å². The zero-order chi connectivity index (χ0) is 22.8. The average Bonchev–Trinajstić information content (AvgIpc) is 3.25. The zero-order valence-electron chi connectivity index (χ0n) is 19.0. The molecule has 3 saturated heterocycles. The van der Waals surface area contributed by atoms with Gasteiger partial charge < -0.3 is 14.4 Å². The Bertz CT molecular complexity index is 949. The van der Waals surface area contributed by atoms with E-state index < -0.39 is 0 Å². The van der Waals surface area contributed by atoms with Crippen molar-refractivity contribution in [1.29, 1.82) is 0 Å². The van der Waals surface area contributed by atoms with Gasteiger partial charge in [0.05, 0.1) is 0 Å². The molecule has 0 amide bonds. The van der Waals surface area contributed by atoms with E-state index in [9.17, 15) is 4.39 Å². The molecule has 0 spiro atoms.